The largest absolute Gasteiger partial charge is 0.493 e. The van der Waals surface area contributed by atoms with Crippen LogP contribution < -0.4 is 15.2 Å². The van der Waals surface area contributed by atoms with Crippen molar-refractivity contribution in [1.82, 2.24) is 0 Å². The Labute approximate surface area is 105 Å². The molecule has 0 bridgehead atoms. The van der Waals surface area contributed by atoms with Crippen molar-refractivity contribution < 1.29 is 9.47 Å². The Morgan fingerprint density at radius 1 is 1.31 bits per heavy atom. The van der Waals surface area contributed by atoms with Gasteiger partial charge in [-0.3, -0.25) is 0 Å². The maximum absolute atomic E-state index is 6.10. The van der Waals surface area contributed by atoms with Gasteiger partial charge in [0.1, 0.15) is 0 Å². The first kappa shape index (κ1) is 13.1. The topological polar surface area (TPSA) is 44.5 Å². The SMILES string of the molecule is COc1cc(Cl)c(CCC(N)=S)cc1OC. The molecule has 0 saturated carbocycles. The van der Waals surface area contributed by atoms with E-state index in [4.69, 9.17) is 39.0 Å². The Bertz CT molecular complexity index is 396. The average Bonchev–Trinajstić information content (AvgIpc) is 2.26. The van der Waals surface area contributed by atoms with E-state index in [0.717, 1.165) is 5.56 Å². The van der Waals surface area contributed by atoms with E-state index in [1.165, 1.54) is 0 Å². The first-order chi connectivity index (χ1) is 7.58. The van der Waals surface area contributed by atoms with E-state index in [2.05, 4.69) is 0 Å². The standard InChI is InChI=1S/C11H14ClNO2S/c1-14-9-5-7(3-4-11(13)16)8(12)6-10(9)15-2/h5-6H,3-4H2,1-2H3,(H2,13,16). The molecule has 1 aromatic carbocycles. The summed E-state index contributed by atoms with van der Waals surface area (Å²) in [5.74, 6) is 1.27. The Morgan fingerprint density at radius 3 is 2.38 bits per heavy atom. The van der Waals surface area contributed by atoms with E-state index in [1.54, 1.807) is 20.3 Å². The predicted molar refractivity (Wildman–Crippen MR) is 69.7 cm³/mol. The summed E-state index contributed by atoms with van der Waals surface area (Å²) in [5, 5.41) is 0.633. The molecule has 0 aliphatic heterocycles. The summed E-state index contributed by atoms with van der Waals surface area (Å²) < 4.78 is 10.3. The van der Waals surface area contributed by atoms with Crippen LogP contribution in [0.5, 0.6) is 11.5 Å². The van der Waals surface area contributed by atoms with E-state index in [-0.39, 0.29) is 0 Å². The third-order valence-electron chi connectivity index (χ3n) is 2.19. The number of halogens is 1. The van der Waals surface area contributed by atoms with Crippen molar-refractivity contribution in [3.05, 3.63) is 22.7 Å². The predicted octanol–water partition coefficient (Wildman–Crippen LogP) is 2.58. The Morgan fingerprint density at radius 2 is 1.88 bits per heavy atom. The molecule has 2 N–H and O–H groups in total. The van der Waals surface area contributed by atoms with Gasteiger partial charge in [-0.25, -0.2) is 0 Å². The Kier molecular flexibility index (Phi) is 4.83. The minimum Gasteiger partial charge on any atom is -0.493 e. The molecule has 0 atom stereocenters. The highest BCUT2D eigenvalue weighted by Crippen LogP contribution is 2.33. The van der Waals surface area contributed by atoms with Crippen LogP contribution in [0.4, 0.5) is 0 Å². The Balaban J connectivity index is 2.96. The molecule has 0 spiro atoms. The van der Waals surface area contributed by atoms with Crippen molar-refractivity contribution in [3.63, 3.8) is 0 Å². The monoisotopic (exact) mass is 259 g/mol. The van der Waals surface area contributed by atoms with Crippen LogP contribution in [0, 0.1) is 0 Å². The minimum atomic E-state index is 0.478. The number of nitrogens with two attached hydrogens (primary N) is 1. The third-order valence-corrected chi connectivity index (χ3v) is 2.75. The van der Waals surface area contributed by atoms with Gasteiger partial charge in [-0.2, -0.15) is 0 Å². The second-order valence-corrected chi connectivity index (χ2v) is 4.20. The van der Waals surface area contributed by atoms with E-state index < -0.39 is 0 Å². The molecule has 0 saturated heterocycles. The highest BCUT2D eigenvalue weighted by atomic mass is 35.5. The molecule has 0 heterocycles. The summed E-state index contributed by atoms with van der Waals surface area (Å²) in [6.45, 7) is 0. The summed E-state index contributed by atoms with van der Waals surface area (Å²) in [5.41, 5.74) is 6.40. The summed E-state index contributed by atoms with van der Waals surface area (Å²) in [7, 11) is 3.16. The minimum absolute atomic E-state index is 0.478. The molecule has 0 amide bonds. The van der Waals surface area contributed by atoms with Gasteiger partial charge in [0.25, 0.3) is 0 Å². The lowest BCUT2D eigenvalue weighted by molar-refractivity contribution is 0.354. The van der Waals surface area contributed by atoms with Gasteiger partial charge in [-0.1, -0.05) is 23.8 Å². The van der Waals surface area contributed by atoms with Crippen LogP contribution in [0.2, 0.25) is 5.02 Å². The molecule has 88 valence electrons. The van der Waals surface area contributed by atoms with Gasteiger partial charge in [0, 0.05) is 17.5 Å². The summed E-state index contributed by atoms with van der Waals surface area (Å²) in [4.78, 5) is 0.478. The lowest BCUT2D eigenvalue weighted by atomic mass is 10.1. The zero-order chi connectivity index (χ0) is 12.1. The first-order valence-electron chi connectivity index (χ1n) is 4.77. The van der Waals surface area contributed by atoms with Crippen molar-refractivity contribution in [3.8, 4) is 11.5 Å². The molecule has 5 heteroatoms. The number of methoxy groups -OCH3 is 2. The highest BCUT2D eigenvalue weighted by Gasteiger charge is 2.09. The van der Waals surface area contributed by atoms with E-state index in [0.29, 0.717) is 34.4 Å². The molecule has 3 nitrogen and oxygen atoms in total. The van der Waals surface area contributed by atoms with Gasteiger partial charge >= 0.3 is 0 Å². The molecule has 1 aromatic rings. The van der Waals surface area contributed by atoms with Crippen molar-refractivity contribution >= 4 is 28.8 Å². The highest BCUT2D eigenvalue weighted by molar-refractivity contribution is 7.80. The van der Waals surface area contributed by atoms with Crippen LogP contribution in [0.1, 0.15) is 12.0 Å². The number of thiocarbonyl (C=S) groups is 1. The third kappa shape index (κ3) is 3.25. The maximum Gasteiger partial charge on any atom is 0.162 e. The van der Waals surface area contributed by atoms with Crippen LogP contribution in [0.3, 0.4) is 0 Å². The molecule has 0 radical (unpaired) electrons. The first-order valence-corrected chi connectivity index (χ1v) is 5.55. The van der Waals surface area contributed by atoms with Gasteiger partial charge in [-0.15, -0.1) is 0 Å². The number of benzene rings is 1. The maximum atomic E-state index is 6.10. The van der Waals surface area contributed by atoms with Gasteiger partial charge in [-0.05, 0) is 18.1 Å². The van der Waals surface area contributed by atoms with Crippen molar-refractivity contribution in [2.45, 2.75) is 12.8 Å². The number of ether oxygens (including phenoxy) is 2. The van der Waals surface area contributed by atoms with Crippen LogP contribution in [-0.4, -0.2) is 19.2 Å². The van der Waals surface area contributed by atoms with Gasteiger partial charge in [0.15, 0.2) is 11.5 Å². The zero-order valence-corrected chi connectivity index (χ0v) is 10.8. The fourth-order valence-electron chi connectivity index (χ4n) is 1.35. The quantitative estimate of drug-likeness (QED) is 0.826. The summed E-state index contributed by atoms with van der Waals surface area (Å²) in [6.07, 6.45) is 1.33. The molecule has 0 unspecified atom stereocenters. The van der Waals surface area contributed by atoms with Gasteiger partial charge in [0.05, 0.1) is 19.2 Å². The van der Waals surface area contributed by atoms with Crippen molar-refractivity contribution in [2.75, 3.05) is 14.2 Å². The number of rotatable bonds is 5. The van der Waals surface area contributed by atoms with Crippen molar-refractivity contribution in [2.24, 2.45) is 5.73 Å². The van der Waals surface area contributed by atoms with Gasteiger partial charge in [0.2, 0.25) is 0 Å². The number of hydrogen-bond donors (Lipinski definition) is 1. The molecule has 0 fully saturated rings. The lowest BCUT2D eigenvalue weighted by Crippen LogP contribution is -2.08. The van der Waals surface area contributed by atoms with Crippen LogP contribution in [-0.2, 0) is 6.42 Å². The van der Waals surface area contributed by atoms with Crippen LogP contribution in [0.25, 0.3) is 0 Å². The molecule has 0 aliphatic carbocycles. The average molecular weight is 260 g/mol. The number of aryl methyl sites for hydroxylation is 1. The molecular weight excluding hydrogens is 246 g/mol. The Hall–Kier alpha value is -1.00. The van der Waals surface area contributed by atoms with E-state index in [1.807, 2.05) is 6.07 Å². The fourth-order valence-corrected chi connectivity index (χ4v) is 1.70. The van der Waals surface area contributed by atoms with Gasteiger partial charge < -0.3 is 15.2 Å². The summed E-state index contributed by atoms with van der Waals surface area (Å²) >= 11 is 10.9. The zero-order valence-electron chi connectivity index (χ0n) is 9.25. The molecule has 1 rings (SSSR count). The normalized spacial score (nSPS) is 9.94. The smallest absolute Gasteiger partial charge is 0.162 e. The molecule has 0 aliphatic rings. The molecular formula is C11H14ClNO2S. The molecule has 16 heavy (non-hydrogen) atoms. The lowest BCUT2D eigenvalue weighted by Gasteiger charge is -2.11. The summed E-state index contributed by atoms with van der Waals surface area (Å²) in [6, 6.07) is 3.58. The number of hydrogen-bond acceptors (Lipinski definition) is 3. The van der Waals surface area contributed by atoms with E-state index >= 15 is 0 Å². The fraction of sp³-hybridized carbons (Fsp3) is 0.364. The van der Waals surface area contributed by atoms with E-state index in [9.17, 15) is 0 Å². The second kappa shape index (κ2) is 5.92. The van der Waals surface area contributed by atoms with Crippen LogP contribution in [0.15, 0.2) is 12.1 Å². The molecule has 0 aromatic heterocycles. The van der Waals surface area contributed by atoms with Crippen molar-refractivity contribution in [1.29, 1.82) is 0 Å². The second-order valence-electron chi connectivity index (χ2n) is 3.26. The van der Waals surface area contributed by atoms with Crippen LogP contribution >= 0.6 is 23.8 Å².